The molecular weight excluding hydrogens is 404 g/mol. The Labute approximate surface area is 155 Å². The second-order valence-corrected chi connectivity index (χ2v) is 8.50. The van der Waals surface area contributed by atoms with Gasteiger partial charge in [-0.1, -0.05) is 34.1 Å². The van der Waals surface area contributed by atoms with Crippen LogP contribution in [-0.2, 0) is 10.0 Å². The summed E-state index contributed by atoms with van der Waals surface area (Å²) in [7, 11) is -2.00. The number of rotatable bonds is 5. The molecule has 2 aromatic carbocycles. The average molecular weight is 421 g/mol. The molecule has 0 saturated carbocycles. The topological polar surface area (TPSA) is 68.1 Å². The summed E-state index contributed by atoms with van der Waals surface area (Å²) in [5, 5.41) is 4.08. The number of hydrogen-bond acceptors (Lipinski definition) is 4. The van der Waals surface area contributed by atoms with Crippen molar-refractivity contribution in [1.82, 2.24) is 19.1 Å². The van der Waals surface area contributed by atoms with Gasteiger partial charge in [-0.2, -0.15) is 9.40 Å². The minimum absolute atomic E-state index is 0.260. The Morgan fingerprint density at radius 3 is 2.48 bits per heavy atom. The van der Waals surface area contributed by atoms with Gasteiger partial charge in [0.2, 0.25) is 10.0 Å². The molecule has 0 amide bonds. The summed E-state index contributed by atoms with van der Waals surface area (Å²) >= 11 is 3.32. The largest absolute Gasteiger partial charge is 0.243 e. The molecule has 6 nitrogen and oxygen atoms in total. The number of nitrogens with zero attached hydrogens (tertiary/aromatic N) is 4. The molecule has 130 valence electrons. The molecule has 0 aliphatic carbocycles. The van der Waals surface area contributed by atoms with Crippen LogP contribution < -0.4 is 0 Å². The van der Waals surface area contributed by atoms with E-state index in [9.17, 15) is 8.42 Å². The molecule has 1 unspecified atom stereocenters. The number of hydrogen-bond donors (Lipinski definition) is 0. The van der Waals surface area contributed by atoms with Gasteiger partial charge in [-0.15, -0.1) is 0 Å². The van der Waals surface area contributed by atoms with Gasteiger partial charge in [-0.25, -0.2) is 18.1 Å². The smallest absolute Gasteiger partial charge is 0.223 e. The lowest BCUT2D eigenvalue weighted by Crippen LogP contribution is -2.29. The Bertz CT molecular complexity index is 957. The van der Waals surface area contributed by atoms with Crippen molar-refractivity contribution in [2.75, 3.05) is 7.05 Å². The summed E-state index contributed by atoms with van der Waals surface area (Å²) in [6.07, 6.45) is 3.08. The van der Waals surface area contributed by atoms with E-state index in [2.05, 4.69) is 26.0 Å². The predicted octanol–water partition coefficient (Wildman–Crippen LogP) is 3.41. The van der Waals surface area contributed by atoms with Crippen molar-refractivity contribution in [3.8, 4) is 5.69 Å². The molecule has 0 aliphatic heterocycles. The van der Waals surface area contributed by atoms with Gasteiger partial charge >= 0.3 is 0 Å². The fraction of sp³-hybridized carbons (Fsp3) is 0.176. The zero-order chi connectivity index (χ0) is 18.0. The molecule has 3 rings (SSSR count). The third-order valence-electron chi connectivity index (χ3n) is 4.08. The first-order valence-electron chi connectivity index (χ1n) is 7.58. The van der Waals surface area contributed by atoms with Crippen LogP contribution in [0.3, 0.4) is 0 Å². The average Bonchev–Trinajstić information content (AvgIpc) is 3.15. The van der Waals surface area contributed by atoms with Gasteiger partial charge in [-0.05, 0) is 42.8 Å². The normalized spacial score (nSPS) is 13.1. The predicted molar refractivity (Wildman–Crippen MR) is 98.9 cm³/mol. The molecule has 1 aromatic heterocycles. The van der Waals surface area contributed by atoms with Gasteiger partial charge in [0.1, 0.15) is 12.7 Å². The maximum absolute atomic E-state index is 12.8. The van der Waals surface area contributed by atoms with E-state index in [1.807, 2.05) is 31.2 Å². The van der Waals surface area contributed by atoms with Crippen molar-refractivity contribution in [2.45, 2.75) is 17.9 Å². The Kier molecular flexibility index (Phi) is 5.03. The Morgan fingerprint density at radius 1 is 1.16 bits per heavy atom. The van der Waals surface area contributed by atoms with Crippen molar-refractivity contribution >= 4 is 26.0 Å². The molecule has 0 bridgehead atoms. The number of aromatic nitrogens is 3. The minimum Gasteiger partial charge on any atom is -0.223 e. The molecular formula is C17H17BrN4O2S. The molecule has 1 atom stereocenters. The fourth-order valence-electron chi connectivity index (χ4n) is 2.46. The van der Waals surface area contributed by atoms with Crippen molar-refractivity contribution in [1.29, 1.82) is 0 Å². The number of benzene rings is 2. The quantitative estimate of drug-likeness (QED) is 0.633. The monoisotopic (exact) mass is 420 g/mol. The van der Waals surface area contributed by atoms with Crippen LogP contribution in [0.4, 0.5) is 0 Å². The van der Waals surface area contributed by atoms with Gasteiger partial charge in [0.25, 0.3) is 0 Å². The molecule has 25 heavy (non-hydrogen) atoms. The van der Waals surface area contributed by atoms with Crippen molar-refractivity contribution < 1.29 is 8.42 Å². The highest BCUT2D eigenvalue weighted by Crippen LogP contribution is 2.27. The molecule has 0 fully saturated rings. The Hall–Kier alpha value is -2.03. The summed E-state index contributed by atoms with van der Waals surface area (Å²) in [6.45, 7) is 1.86. The zero-order valence-electron chi connectivity index (χ0n) is 13.7. The molecule has 8 heteroatoms. The summed E-state index contributed by atoms with van der Waals surface area (Å²) in [5.41, 5.74) is 1.76. The molecule has 0 saturated heterocycles. The first kappa shape index (κ1) is 17.8. The molecule has 0 spiro atoms. The molecule has 3 aromatic rings. The van der Waals surface area contributed by atoms with E-state index in [-0.39, 0.29) is 10.9 Å². The van der Waals surface area contributed by atoms with Crippen molar-refractivity contribution in [3.63, 3.8) is 0 Å². The van der Waals surface area contributed by atoms with Gasteiger partial charge in [0.15, 0.2) is 0 Å². The summed E-state index contributed by atoms with van der Waals surface area (Å²) < 4.78 is 29.4. The molecule has 0 aliphatic rings. The summed E-state index contributed by atoms with van der Waals surface area (Å²) in [6, 6.07) is 14.0. The maximum atomic E-state index is 12.8. The summed E-state index contributed by atoms with van der Waals surface area (Å²) in [5.74, 6) is 0. The lowest BCUT2D eigenvalue weighted by atomic mass is 10.1. The SMILES string of the molecule is CC(c1ccc(-n2cncn2)cc1)N(C)S(=O)(=O)c1cccc(Br)c1. The highest BCUT2D eigenvalue weighted by molar-refractivity contribution is 9.10. The first-order valence-corrected chi connectivity index (χ1v) is 9.81. The fourth-order valence-corrected chi connectivity index (χ4v) is 4.41. The van der Waals surface area contributed by atoms with Crippen LogP contribution in [0.5, 0.6) is 0 Å². The zero-order valence-corrected chi connectivity index (χ0v) is 16.1. The van der Waals surface area contributed by atoms with Gasteiger partial charge in [-0.3, -0.25) is 0 Å². The maximum Gasteiger partial charge on any atom is 0.243 e. The van der Waals surface area contributed by atoms with Gasteiger partial charge in [0, 0.05) is 17.6 Å². The van der Waals surface area contributed by atoms with Crippen molar-refractivity contribution in [3.05, 3.63) is 71.2 Å². The van der Waals surface area contributed by atoms with Gasteiger partial charge < -0.3 is 0 Å². The lowest BCUT2D eigenvalue weighted by molar-refractivity contribution is 0.398. The molecule has 0 radical (unpaired) electrons. The molecule has 1 heterocycles. The first-order chi connectivity index (χ1) is 11.9. The molecule has 0 N–H and O–H groups in total. The van der Waals surface area contributed by atoms with E-state index in [4.69, 9.17) is 0 Å². The Morgan fingerprint density at radius 2 is 1.88 bits per heavy atom. The second kappa shape index (κ2) is 7.07. The van der Waals surface area contributed by atoms with Crippen LogP contribution in [0.1, 0.15) is 18.5 Å². The van der Waals surface area contributed by atoms with Crippen LogP contribution in [0.2, 0.25) is 0 Å². The summed E-state index contributed by atoms with van der Waals surface area (Å²) in [4.78, 5) is 4.18. The highest BCUT2D eigenvalue weighted by atomic mass is 79.9. The lowest BCUT2D eigenvalue weighted by Gasteiger charge is -2.25. The second-order valence-electron chi connectivity index (χ2n) is 5.59. The van der Waals surface area contributed by atoms with E-state index < -0.39 is 10.0 Å². The standard InChI is InChI=1S/C17H17BrN4O2S/c1-13(14-6-8-16(9-7-14)22-12-19-11-20-22)21(2)25(23,24)17-5-3-4-15(18)10-17/h3-13H,1-2H3. The van der Waals surface area contributed by atoms with E-state index in [0.29, 0.717) is 0 Å². The van der Waals surface area contributed by atoms with Gasteiger partial charge in [0.05, 0.1) is 10.6 Å². The highest BCUT2D eigenvalue weighted by Gasteiger charge is 2.26. The number of sulfonamides is 1. The van der Waals surface area contributed by atoms with Crippen LogP contribution in [0, 0.1) is 0 Å². The third kappa shape index (κ3) is 3.65. The Balaban J connectivity index is 1.85. The van der Waals surface area contributed by atoms with Crippen LogP contribution in [0.15, 0.2) is 70.6 Å². The van der Waals surface area contributed by atoms with Crippen LogP contribution in [-0.4, -0.2) is 34.5 Å². The van der Waals surface area contributed by atoms with E-state index in [1.54, 1.807) is 42.3 Å². The van der Waals surface area contributed by atoms with Crippen molar-refractivity contribution in [2.24, 2.45) is 0 Å². The van der Waals surface area contributed by atoms with E-state index >= 15 is 0 Å². The van der Waals surface area contributed by atoms with Crippen LogP contribution >= 0.6 is 15.9 Å². The van der Waals surface area contributed by atoms with E-state index in [1.165, 1.54) is 10.6 Å². The minimum atomic E-state index is -3.59. The number of halogens is 1. The third-order valence-corrected chi connectivity index (χ3v) is 6.49. The van der Waals surface area contributed by atoms with E-state index in [0.717, 1.165) is 15.7 Å². The van der Waals surface area contributed by atoms with Crippen LogP contribution in [0.25, 0.3) is 5.69 Å².